The van der Waals surface area contributed by atoms with Crippen LogP contribution in [-0.2, 0) is 14.3 Å². The molecule has 0 amide bonds. The number of ketones is 1. The van der Waals surface area contributed by atoms with Gasteiger partial charge in [-0.1, -0.05) is 13.8 Å². The number of hydrogen-bond acceptors (Lipinski definition) is 4. The summed E-state index contributed by atoms with van der Waals surface area (Å²) in [7, 11) is 1.35. The monoisotopic (exact) mass is 213 g/mol. The van der Waals surface area contributed by atoms with Crippen molar-refractivity contribution in [3.8, 4) is 0 Å². The number of carbonyl (C=O) groups excluding carboxylic acids is 2. The van der Waals surface area contributed by atoms with Crippen molar-refractivity contribution in [1.82, 2.24) is 5.32 Å². The lowest BCUT2D eigenvalue weighted by molar-refractivity contribution is -0.161. The molecule has 15 heavy (non-hydrogen) atoms. The zero-order chi connectivity index (χ0) is 11.5. The van der Waals surface area contributed by atoms with Gasteiger partial charge in [-0.2, -0.15) is 0 Å². The van der Waals surface area contributed by atoms with Crippen molar-refractivity contribution in [2.75, 3.05) is 20.2 Å². The lowest BCUT2D eigenvalue weighted by atomic mass is 9.72. The summed E-state index contributed by atoms with van der Waals surface area (Å²) >= 11 is 0. The molecule has 0 aromatic carbocycles. The molecule has 4 heteroatoms. The first-order chi connectivity index (χ1) is 7.04. The van der Waals surface area contributed by atoms with E-state index in [2.05, 4.69) is 5.32 Å². The van der Waals surface area contributed by atoms with E-state index in [0.717, 1.165) is 0 Å². The van der Waals surface area contributed by atoms with Crippen LogP contribution in [0.4, 0.5) is 0 Å². The molecule has 1 aliphatic heterocycles. The molecular formula is C11H19NO3. The summed E-state index contributed by atoms with van der Waals surface area (Å²) in [4.78, 5) is 23.9. The van der Waals surface area contributed by atoms with Crippen LogP contribution in [0.2, 0.25) is 0 Å². The summed E-state index contributed by atoms with van der Waals surface area (Å²) in [6.07, 6.45) is 1.10. The zero-order valence-corrected chi connectivity index (χ0v) is 9.63. The molecule has 1 heterocycles. The number of nitrogens with one attached hydrogen (secondary N) is 1. The molecule has 86 valence electrons. The summed E-state index contributed by atoms with van der Waals surface area (Å²) in [6.45, 7) is 5.06. The van der Waals surface area contributed by atoms with E-state index < -0.39 is 5.41 Å². The Balaban J connectivity index is 2.94. The van der Waals surface area contributed by atoms with Gasteiger partial charge in [0.05, 0.1) is 7.11 Å². The van der Waals surface area contributed by atoms with Gasteiger partial charge < -0.3 is 10.1 Å². The van der Waals surface area contributed by atoms with Gasteiger partial charge in [-0.3, -0.25) is 9.59 Å². The first-order valence-electron chi connectivity index (χ1n) is 5.38. The van der Waals surface area contributed by atoms with E-state index in [-0.39, 0.29) is 17.7 Å². The second-order valence-electron chi connectivity index (χ2n) is 4.34. The molecule has 0 aliphatic carbocycles. The quantitative estimate of drug-likeness (QED) is 0.555. The third-order valence-corrected chi connectivity index (χ3v) is 3.03. The molecular weight excluding hydrogens is 194 g/mol. The van der Waals surface area contributed by atoms with Gasteiger partial charge in [-0.25, -0.2) is 0 Å². The number of Topliss-reactive ketones (excluding diaryl/α,β-unsaturated/α-hetero) is 1. The maximum Gasteiger partial charge on any atom is 0.319 e. The highest BCUT2D eigenvalue weighted by atomic mass is 16.5. The minimum absolute atomic E-state index is 0.0100. The van der Waals surface area contributed by atoms with E-state index in [1.54, 1.807) is 0 Å². The van der Waals surface area contributed by atoms with E-state index in [4.69, 9.17) is 4.74 Å². The van der Waals surface area contributed by atoms with Gasteiger partial charge >= 0.3 is 5.97 Å². The van der Waals surface area contributed by atoms with E-state index in [0.29, 0.717) is 25.9 Å². The molecule has 0 atom stereocenters. The van der Waals surface area contributed by atoms with E-state index >= 15 is 0 Å². The summed E-state index contributed by atoms with van der Waals surface area (Å²) in [5.74, 6) is -0.485. The molecule has 0 unspecified atom stereocenters. The van der Waals surface area contributed by atoms with Crippen molar-refractivity contribution >= 4 is 11.8 Å². The molecule has 0 spiro atoms. The molecule has 1 aliphatic rings. The third kappa shape index (κ3) is 2.20. The lowest BCUT2D eigenvalue weighted by Crippen LogP contribution is -2.49. The summed E-state index contributed by atoms with van der Waals surface area (Å²) in [6, 6.07) is 0. The van der Waals surface area contributed by atoms with Crippen LogP contribution in [0, 0.1) is 11.3 Å². The van der Waals surface area contributed by atoms with Crippen LogP contribution in [0.25, 0.3) is 0 Å². The van der Waals surface area contributed by atoms with Crippen LogP contribution < -0.4 is 5.32 Å². The first-order valence-corrected chi connectivity index (χ1v) is 5.38. The zero-order valence-electron chi connectivity index (χ0n) is 9.63. The van der Waals surface area contributed by atoms with Crippen molar-refractivity contribution in [3.63, 3.8) is 0 Å². The normalized spacial score (nSPS) is 20.0. The number of ether oxygens (including phenoxy) is 1. The smallest absolute Gasteiger partial charge is 0.319 e. The number of methoxy groups -OCH3 is 1. The molecule has 0 aromatic heterocycles. The highest BCUT2D eigenvalue weighted by molar-refractivity contribution is 6.04. The van der Waals surface area contributed by atoms with Crippen LogP contribution in [0.5, 0.6) is 0 Å². The summed E-state index contributed by atoms with van der Waals surface area (Å²) < 4.78 is 4.78. The number of hydrogen-bond donors (Lipinski definition) is 1. The molecule has 0 saturated carbocycles. The van der Waals surface area contributed by atoms with Crippen LogP contribution in [-0.4, -0.2) is 32.0 Å². The van der Waals surface area contributed by atoms with Gasteiger partial charge in [0.25, 0.3) is 0 Å². The Kier molecular flexibility index (Phi) is 3.85. The number of carbonyl (C=O) groups is 2. The van der Waals surface area contributed by atoms with Gasteiger partial charge in [-0.05, 0) is 25.9 Å². The highest BCUT2D eigenvalue weighted by Gasteiger charge is 2.47. The van der Waals surface area contributed by atoms with Crippen molar-refractivity contribution in [3.05, 3.63) is 0 Å². The first kappa shape index (κ1) is 12.2. The number of piperidine rings is 1. The molecule has 0 radical (unpaired) electrons. The fourth-order valence-corrected chi connectivity index (χ4v) is 2.15. The molecule has 1 saturated heterocycles. The van der Waals surface area contributed by atoms with Crippen LogP contribution in [0.15, 0.2) is 0 Å². The van der Waals surface area contributed by atoms with Gasteiger partial charge in [0, 0.05) is 5.92 Å². The Morgan fingerprint density at radius 2 is 1.80 bits per heavy atom. The lowest BCUT2D eigenvalue weighted by Gasteiger charge is -2.34. The van der Waals surface area contributed by atoms with Crippen LogP contribution >= 0.6 is 0 Å². The van der Waals surface area contributed by atoms with E-state index in [1.807, 2.05) is 13.8 Å². The number of rotatable bonds is 3. The maximum absolute atomic E-state index is 12.1. The fraction of sp³-hybridized carbons (Fsp3) is 0.818. The topological polar surface area (TPSA) is 55.4 Å². The Bertz CT molecular complexity index is 255. The van der Waals surface area contributed by atoms with Gasteiger partial charge in [-0.15, -0.1) is 0 Å². The minimum atomic E-state index is -0.895. The highest BCUT2D eigenvalue weighted by Crippen LogP contribution is 2.33. The van der Waals surface area contributed by atoms with Crippen molar-refractivity contribution in [2.24, 2.45) is 11.3 Å². The SMILES string of the molecule is COC(=O)C1(C(=O)C(C)C)CCNCC1. The Labute approximate surface area is 90.4 Å². The van der Waals surface area contributed by atoms with Crippen molar-refractivity contribution in [1.29, 1.82) is 0 Å². The van der Waals surface area contributed by atoms with Crippen LogP contribution in [0.3, 0.4) is 0 Å². The fourth-order valence-electron chi connectivity index (χ4n) is 2.15. The minimum Gasteiger partial charge on any atom is -0.468 e. The van der Waals surface area contributed by atoms with Crippen molar-refractivity contribution < 1.29 is 14.3 Å². The van der Waals surface area contributed by atoms with Gasteiger partial charge in [0.1, 0.15) is 5.41 Å². The average Bonchev–Trinajstić information content (AvgIpc) is 2.27. The molecule has 0 bridgehead atoms. The standard InChI is InChI=1S/C11H19NO3/c1-8(2)9(13)11(10(14)15-3)4-6-12-7-5-11/h8,12H,4-7H2,1-3H3. The third-order valence-electron chi connectivity index (χ3n) is 3.03. The summed E-state index contributed by atoms with van der Waals surface area (Å²) in [5.41, 5.74) is -0.895. The van der Waals surface area contributed by atoms with Crippen molar-refractivity contribution in [2.45, 2.75) is 26.7 Å². The Hall–Kier alpha value is -0.900. The van der Waals surface area contributed by atoms with E-state index in [9.17, 15) is 9.59 Å². The predicted octanol–water partition coefficient (Wildman–Crippen LogP) is 0.754. The van der Waals surface area contributed by atoms with Gasteiger partial charge in [0.15, 0.2) is 5.78 Å². The predicted molar refractivity (Wildman–Crippen MR) is 56.4 cm³/mol. The summed E-state index contributed by atoms with van der Waals surface area (Å²) in [5, 5.41) is 3.15. The Morgan fingerprint density at radius 3 is 2.20 bits per heavy atom. The maximum atomic E-state index is 12.1. The largest absolute Gasteiger partial charge is 0.468 e. The van der Waals surface area contributed by atoms with Gasteiger partial charge in [0.2, 0.25) is 0 Å². The second-order valence-corrected chi connectivity index (χ2v) is 4.34. The molecule has 1 fully saturated rings. The molecule has 1 N–H and O–H groups in total. The van der Waals surface area contributed by atoms with E-state index in [1.165, 1.54) is 7.11 Å². The van der Waals surface area contributed by atoms with Crippen LogP contribution in [0.1, 0.15) is 26.7 Å². The molecule has 4 nitrogen and oxygen atoms in total. The average molecular weight is 213 g/mol. The second kappa shape index (κ2) is 4.75. The molecule has 0 aromatic rings. The molecule has 1 rings (SSSR count). The Morgan fingerprint density at radius 1 is 1.27 bits per heavy atom. The number of esters is 1.